The van der Waals surface area contributed by atoms with Gasteiger partial charge in [-0.15, -0.1) is 0 Å². The molecule has 1 heterocycles. The van der Waals surface area contributed by atoms with Gasteiger partial charge in [0.2, 0.25) is 0 Å². The van der Waals surface area contributed by atoms with Gasteiger partial charge in [-0.05, 0) is 48.7 Å². The number of nitrogens with one attached hydrogen (secondary N) is 2. The Kier molecular flexibility index (Phi) is 5.70. The van der Waals surface area contributed by atoms with Crippen LogP contribution in [0.25, 0.3) is 0 Å². The maximum absolute atomic E-state index is 12.1. The molecule has 0 unspecified atom stereocenters. The Balaban J connectivity index is 2.01. The van der Waals surface area contributed by atoms with Crippen molar-refractivity contribution in [2.75, 3.05) is 11.9 Å². The molecule has 0 spiro atoms. The van der Waals surface area contributed by atoms with E-state index < -0.39 is 0 Å². The molecule has 0 atom stereocenters. The minimum Gasteiger partial charge on any atom is -0.355 e. The first-order chi connectivity index (χ1) is 11.1. The minimum absolute atomic E-state index is 0.172. The SMILES string of the molecule is CC(C)CCNC(=O)c1cc(Nc2ccc(C#N)cc2)ccn1. The summed E-state index contributed by atoms with van der Waals surface area (Å²) in [6, 6.07) is 12.7. The number of anilines is 2. The van der Waals surface area contributed by atoms with E-state index in [0.29, 0.717) is 23.7 Å². The quantitative estimate of drug-likeness (QED) is 0.856. The normalized spacial score (nSPS) is 10.2. The summed E-state index contributed by atoms with van der Waals surface area (Å²) in [5.41, 5.74) is 2.61. The molecule has 0 bridgehead atoms. The Morgan fingerprint density at radius 2 is 1.96 bits per heavy atom. The van der Waals surface area contributed by atoms with Crippen molar-refractivity contribution in [2.45, 2.75) is 20.3 Å². The van der Waals surface area contributed by atoms with Crippen LogP contribution in [-0.4, -0.2) is 17.4 Å². The van der Waals surface area contributed by atoms with Crippen LogP contribution in [0.5, 0.6) is 0 Å². The van der Waals surface area contributed by atoms with Crippen molar-refractivity contribution in [2.24, 2.45) is 5.92 Å². The highest BCUT2D eigenvalue weighted by molar-refractivity contribution is 5.93. The fraction of sp³-hybridized carbons (Fsp3) is 0.278. The molecule has 1 amide bonds. The smallest absolute Gasteiger partial charge is 0.269 e. The summed E-state index contributed by atoms with van der Waals surface area (Å²) < 4.78 is 0. The summed E-state index contributed by atoms with van der Waals surface area (Å²) in [5.74, 6) is 0.377. The molecule has 5 nitrogen and oxygen atoms in total. The number of benzene rings is 1. The van der Waals surface area contributed by atoms with E-state index >= 15 is 0 Å². The van der Waals surface area contributed by atoms with Gasteiger partial charge in [0.25, 0.3) is 5.91 Å². The molecule has 0 aliphatic carbocycles. The second kappa shape index (κ2) is 7.95. The molecule has 118 valence electrons. The lowest BCUT2D eigenvalue weighted by Gasteiger charge is -2.09. The Bertz CT molecular complexity index is 702. The second-order valence-corrected chi connectivity index (χ2v) is 5.68. The van der Waals surface area contributed by atoms with Crippen LogP contribution in [0.1, 0.15) is 36.3 Å². The summed E-state index contributed by atoms with van der Waals surface area (Å²) in [4.78, 5) is 16.2. The molecule has 0 saturated heterocycles. The standard InChI is InChI=1S/C18H20N4O/c1-13(2)7-9-21-18(23)17-11-16(8-10-20-17)22-15-5-3-14(12-19)4-6-15/h3-6,8,10-11,13H,7,9H2,1-2H3,(H,20,22)(H,21,23). The Morgan fingerprint density at radius 1 is 1.22 bits per heavy atom. The molecular formula is C18H20N4O. The third-order valence-electron chi connectivity index (χ3n) is 3.30. The van der Waals surface area contributed by atoms with Gasteiger partial charge in [-0.2, -0.15) is 5.26 Å². The molecule has 2 rings (SSSR count). The molecule has 0 radical (unpaired) electrons. The van der Waals surface area contributed by atoms with E-state index in [1.807, 2.05) is 12.1 Å². The zero-order valence-corrected chi connectivity index (χ0v) is 13.3. The van der Waals surface area contributed by atoms with Crippen LogP contribution in [0.15, 0.2) is 42.6 Å². The Labute approximate surface area is 136 Å². The van der Waals surface area contributed by atoms with Crippen LogP contribution in [0, 0.1) is 17.2 Å². The molecule has 1 aromatic heterocycles. The summed E-state index contributed by atoms with van der Waals surface area (Å²) in [7, 11) is 0. The number of rotatable bonds is 6. The van der Waals surface area contributed by atoms with Crippen molar-refractivity contribution in [1.82, 2.24) is 10.3 Å². The van der Waals surface area contributed by atoms with Crippen molar-refractivity contribution in [1.29, 1.82) is 5.26 Å². The summed E-state index contributed by atoms with van der Waals surface area (Å²) >= 11 is 0. The van der Waals surface area contributed by atoms with Crippen molar-refractivity contribution in [3.8, 4) is 6.07 Å². The minimum atomic E-state index is -0.172. The third-order valence-corrected chi connectivity index (χ3v) is 3.30. The monoisotopic (exact) mass is 308 g/mol. The lowest BCUT2D eigenvalue weighted by atomic mass is 10.1. The number of hydrogen-bond acceptors (Lipinski definition) is 4. The van der Waals surface area contributed by atoms with Crippen molar-refractivity contribution in [3.63, 3.8) is 0 Å². The molecule has 5 heteroatoms. The van der Waals surface area contributed by atoms with Crippen molar-refractivity contribution >= 4 is 17.3 Å². The van der Waals surface area contributed by atoms with Crippen LogP contribution in [0.2, 0.25) is 0 Å². The fourth-order valence-corrected chi connectivity index (χ4v) is 1.99. The zero-order chi connectivity index (χ0) is 16.7. The number of carbonyl (C=O) groups excluding carboxylic acids is 1. The molecule has 0 aliphatic rings. The van der Waals surface area contributed by atoms with Gasteiger partial charge >= 0.3 is 0 Å². The van der Waals surface area contributed by atoms with Gasteiger partial charge in [-0.25, -0.2) is 0 Å². The first-order valence-electron chi connectivity index (χ1n) is 7.60. The molecular weight excluding hydrogens is 288 g/mol. The Morgan fingerprint density at radius 3 is 2.61 bits per heavy atom. The first kappa shape index (κ1) is 16.5. The number of nitrogens with zero attached hydrogens (tertiary/aromatic N) is 2. The van der Waals surface area contributed by atoms with Gasteiger partial charge < -0.3 is 10.6 Å². The summed E-state index contributed by atoms with van der Waals surface area (Å²) in [6.45, 7) is 4.88. The average molecular weight is 308 g/mol. The van der Waals surface area contributed by atoms with E-state index in [1.165, 1.54) is 0 Å². The van der Waals surface area contributed by atoms with Crippen LogP contribution < -0.4 is 10.6 Å². The molecule has 23 heavy (non-hydrogen) atoms. The fourth-order valence-electron chi connectivity index (χ4n) is 1.99. The number of amides is 1. The highest BCUT2D eigenvalue weighted by Crippen LogP contribution is 2.17. The largest absolute Gasteiger partial charge is 0.355 e. The van der Waals surface area contributed by atoms with E-state index in [2.05, 4.69) is 35.5 Å². The van der Waals surface area contributed by atoms with Crippen LogP contribution in [0.4, 0.5) is 11.4 Å². The first-order valence-corrected chi connectivity index (χ1v) is 7.60. The Hall–Kier alpha value is -2.87. The van der Waals surface area contributed by atoms with E-state index in [0.717, 1.165) is 17.8 Å². The molecule has 2 aromatic rings. The second-order valence-electron chi connectivity index (χ2n) is 5.68. The number of aromatic nitrogens is 1. The van der Waals surface area contributed by atoms with Crippen molar-refractivity contribution in [3.05, 3.63) is 53.9 Å². The predicted molar refractivity (Wildman–Crippen MR) is 90.5 cm³/mol. The lowest BCUT2D eigenvalue weighted by molar-refractivity contribution is 0.0947. The third kappa shape index (κ3) is 5.11. The molecule has 0 saturated carbocycles. The zero-order valence-electron chi connectivity index (χ0n) is 13.3. The van der Waals surface area contributed by atoms with Crippen molar-refractivity contribution < 1.29 is 4.79 Å². The average Bonchev–Trinajstić information content (AvgIpc) is 2.55. The molecule has 0 fully saturated rings. The topological polar surface area (TPSA) is 77.8 Å². The number of pyridine rings is 1. The number of carbonyl (C=O) groups is 1. The van der Waals surface area contributed by atoms with E-state index in [1.54, 1.807) is 30.5 Å². The van der Waals surface area contributed by atoms with Gasteiger partial charge in [0.1, 0.15) is 5.69 Å². The maximum Gasteiger partial charge on any atom is 0.269 e. The van der Waals surface area contributed by atoms with Gasteiger partial charge in [0, 0.05) is 24.1 Å². The maximum atomic E-state index is 12.1. The van der Waals surface area contributed by atoms with E-state index in [9.17, 15) is 4.79 Å². The van der Waals surface area contributed by atoms with E-state index in [4.69, 9.17) is 5.26 Å². The molecule has 2 N–H and O–H groups in total. The van der Waals surface area contributed by atoms with Gasteiger partial charge in [-0.3, -0.25) is 9.78 Å². The van der Waals surface area contributed by atoms with E-state index in [-0.39, 0.29) is 5.91 Å². The lowest BCUT2D eigenvalue weighted by Crippen LogP contribution is -2.26. The highest BCUT2D eigenvalue weighted by Gasteiger charge is 2.08. The van der Waals surface area contributed by atoms with Gasteiger partial charge in [-0.1, -0.05) is 13.8 Å². The van der Waals surface area contributed by atoms with Gasteiger partial charge in [0.15, 0.2) is 0 Å². The number of nitriles is 1. The summed E-state index contributed by atoms with van der Waals surface area (Å²) in [5, 5.41) is 14.9. The highest BCUT2D eigenvalue weighted by atomic mass is 16.1. The predicted octanol–water partition coefficient (Wildman–Crippen LogP) is 3.47. The molecule has 1 aromatic carbocycles. The van der Waals surface area contributed by atoms with Crippen LogP contribution in [-0.2, 0) is 0 Å². The number of hydrogen-bond donors (Lipinski definition) is 2. The molecule has 0 aliphatic heterocycles. The van der Waals surface area contributed by atoms with Crippen LogP contribution in [0.3, 0.4) is 0 Å². The van der Waals surface area contributed by atoms with Crippen LogP contribution >= 0.6 is 0 Å². The summed E-state index contributed by atoms with van der Waals surface area (Å²) in [6.07, 6.45) is 2.54. The van der Waals surface area contributed by atoms with Gasteiger partial charge in [0.05, 0.1) is 11.6 Å².